The fraction of sp³-hybridized carbons (Fsp3) is 0.450. The van der Waals surface area contributed by atoms with E-state index in [1.807, 2.05) is 12.2 Å². The topological polar surface area (TPSA) is 38.3 Å². The number of nitrogens with one attached hydrogen (secondary N) is 1. The van der Waals surface area contributed by atoms with Gasteiger partial charge >= 0.3 is 0 Å². The van der Waals surface area contributed by atoms with Crippen molar-refractivity contribution in [3.8, 4) is 5.75 Å². The minimum atomic E-state index is -1.06. The van der Waals surface area contributed by atoms with Crippen molar-refractivity contribution in [2.75, 3.05) is 11.9 Å². The van der Waals surface area contributed by atoms with Crippen molar-refractivity contribution >= 4 is 17.7 Å². The molecule has 0 bridgehead atoms. The number of ether oxygens (including phenoxy) is 1. The van der Waals surface area contributed by atoms with E-state index in [1.54, 1.807) is 13.0 Å². The molecular weight excluding hydrogens is 324 g/mol. The van der Waals surface area contributed by atoms with E-state index < -0.39 is 17.4 Å². The third kappa shape index (κ3) is 3.91. The molecular formula is C20H23F2NO2. The molecule has 1 aliphatic heterocycles. The van der Waals surface area contributed by atoms with Crippen LogP contribution in [0.1, 0.15) is 43.7 Å². The minimum absolute atomic E-state index is 0.133. The SMILES string of the molecule is C=CC(=O)Nc1cc(/C=C/C2CCC(C)(F)CC2)c2c(c1F)CCO2. The fourth-order valence-corrected chi connectivity index (χ4v) is 3.44. The largest absolute Gasteiger partial charge is 0.492 e. The normalized spacial score (nSPS) is 25.5. The van der Waals surface area contributed by atoms with E-state index in [9.17, 15) is 13.6 Å². The molecule has 0 spiro atoms. The second kappa shape index (κ2) is 6.98. The Hall–Kier alpha value is -2.17. The smallest absolute Gasteiger partial charge is 0.247 e. The van der Waals surface area contributed by atoms with Gasteiger partial charge < -0.3 is 10.1 Å². The zero-order valence-corrected chi connectivity index (χ0v) is 14.4. The molecule has 1 saturated carbocycles. The number of halogens is 2. The average Bonchev–Trinajstić information content (AvgIpc) is 3.07. The predicted molar refractivity (Wildman–Crippen MR) is 94.9 cm³/mol. The summed E-state index contributed by atoms with van der Waals surface area (Å²) in [6.45, 7) is 5.47. The van der Waals surface area contributed by atoms with Gasteiger partial charge in [-0.1, -0.05) is 18.7 Å². The quantitative estimate of drug-likeness (QED) is 0.793. The molecule has 1 N–H and O–H groups in total. The number of anilines is 1. The molecule has 3 nitrogen and oxygen atoms in total. The summed E-state index contributed by atoms with van der Waals surface area (Å²) in [5, 5.41) is 2.51. The lowest BCUT2D eigenvalue weighted by molar-refractivity contribution is -0.111. The third-order valence-electron chi connectivity index (χ3n) is 5.00. The highest BCUT2D eigenvalue weighted by atomic mass is 19.1. The molecule has 1 fully saturated rings. The lowest BCUT2D eigenvalue weighted by Crippen LogP contribution is -2.25. The molecule has 134 valence electrons. The van der Waals surface area contributed by atoms with Crippen molar-refractivity contribution in [1.82, 2.24) is 0 Å². The van der Waals surface area contributed by atoms with Crippen LogP contribution in [0.25, 0.3) is 6.08 Å². The van der Waals surface area contributed by atoms with Crippen LogP contribution in [0.15, 0.2) is 24.8 Å². The van der Waals surface area contributed by atoms with Crippen LogP contribution in [0, 0.1) is 11.7 Å². The van der Waals surface area contributed by atoms with E-state index in [0.717, 1.165) is 24.5 Å². The summed E-state index contributed by atoms with van der Waals surface area (Å²) < 4.78 is 34.0. The number of alkyl halides is 1. The molecule has 5 heteroatoms. The maximum absolute atomic E-state index is 14.5. The van der Waals surface area contributed by atoms with Crippen LogP contribution in [0.2, 0.25) is 0 Å². The number of rotatable bonds is 4. The summed E-state index contributed by atoms with van der Waals surface area (Å²) in [4.78, 5) is 11.5. The Morgan fingerprint density at radius 1 is 1.44 bits per heavy atom. The monoisotopic (exact) mass is 347 g/mol. The molecule has 0 radical (unpaired) electrons. The van der Waals surface area contributed by atoms with Gasteiger partial charge in [-0.25, -0.2) is 8.78 Å². The van der Waals surface area contributed by atoms with Crippen molar-refractivity contribution < 1.29 is 18.3 Å². The molecule has 1 aromatic carbocycles. The van der Waals surface area contributed by atoms with Gasteiger partial charge in [0.1, 0.15) is 11.4 Å². The van der Waals surface area contributed by atoms with Gasteiger partial charge in [-0.15, -0.1) is 0 Å². The van der Waals surface area contributed by atoms with Crippen LogP contribution >= 0.6 is 0 Å². The Balaban J connectivity index is 1.84. The zero-order valence-electron chi connectivity index (χ0n) is 14.4. The van der Waals surface area contributed by atoms with Crippen molar-refractivity contribution in [2.45, 2.75) is 44.7 Å². The summed E-state index contributed by atoms with van der Waals surface area (Å²) in [6.07, 6.45) is 8.24. The predicted octanol–water partition coefficient (Wildman–Crippen LogP) is 4.82. The number of fused-ring (bicyclic) bond motifs is 1. The molecule has 3 rings (SSSR count). The number of benzene rings is 1. The number of amides is 1. The van der Waals surface area contributed by atoms with E-state index in [4.69, 9.17) is 4.74 Å². The number of hydrogen-bond donors (Lipinski definition) is 1. The number of allylic oxidation sites excluding steroid dienone is 1. The number of carbonyl (C=O) groups is 1. The van der Waals surface area contributed by atoms with Crippen molar-refractivity contribution in [1.29, 1.82) is 0 Å². The number of carbonyl (C=O) groups excluding carboxylic acids is 1. The Morgan fingerprint density at radius 2 is 2.16 bits per heavy atom. The number of hydrogen-bond acceptors (Lipinski definition) is 2. The van der Waals surface area contributed by atoms with Gasteiger partial charge in [-0.05, 0) is 50.7 Å². The Bertz CT molecular complexity index is 715. The highest BCUT2D eigenvalue weighted by molar-refractivity contribution is 5.99. The summed E-state index contributed by atoms with van der Waals surface area (Å²) in [6, 6.07) is 1.58. The second-order valence-corrected chi connectivity index (χ2v) is 7.04. The Morgan fingerprint density at radius 3 is 2.84 bits per heavy atom. The van der Waals surface area contributed by atoms with E-state index in [0.29, 0.717) is 43.1 Å². The van der Waals surface area contributed by atoms with E-state index in [1.165, 1.54) is 0 Å². The summed E-state index contributed by atoms with van der Waals surface area (Å²) in [5.41, 5.74) is 0.296. The molecule has 0 unspecified atom stereocenters. The van der Waals surface area contributed by atoms with Crippen molar-refractivity contribution in [2.24, 2.45) is 5.92 Å². The molecule has 25 heavy (non-hydrogen) atoms. The molecule has 2 aliphatic rings. The highest BCUT2D eigenvalue weighted by Gasteiger charge is 2.29. The summed E-state index contributed by atoms with van der Waals surface area (Å²) in [7, 11) is 0. The van der Waals surface area contributed by atoms with E-state index in [2.05, 4.69) is 11.9 Å². The second-order valence-electron chi connectivity index (χ2n) is 7.04. The molecule has 1 aromatic rings. The van der Waals surface area contributed by atoms with E-state index in [-0.39, 0.29) is 5.69 Å². The molecule has 0 saturated heterocycles. The van der Waals surface area contributed by atoms with Crippen LogP contribution in [0.3, 0.4) is 0 Å². The van der Waals surface area contributed by atoms with Crippen molar-refractivity contribution in [3.63, 3.8) is 0 Å². The van der Waals surface area contributed by atoms with Gasteiger partial charge in [0, 0.05) is 17.5 Å². The molecule has 0 aromatic heterocycles. The highest BCUT2D eigenvalue weighted by Crippen LogP contribution is 2.39. The van der Waals surface area contributed by atoms with Crippen LogP contribution in [0.4, 0.5) is 14.5 Å². The summed E-state index contributed by atoms with van der Waals surface area (Å²) in [5.74, 6) is -0.0680. The first kappa shape index (κ1) is 17.6. The lowest BCUT2D eigenvalue weighted by atomic mass is 9.81. The zero-order chi connectivity index (χ0) is 18.0. The molecule has 1 amide bonds. The van der Waals surface area contributed by atoms with Crippen LogP contribution in [-0.4, -0.2) is 18.2 Å². The van der Waals surface area contributed by atoms with Crippen LogP contribution in [-0.2, 0) is 11.2 Å². The first-order valence-electron chi connectivity index (χ1n) is 8.68. The molecule has 0 atom stereocenters. The van der Waals surface area contributed by atoms with Gasteiger partial charge in [0.25, 0.3) is 0 Å². The maximum Gasteiger partial charge on any atom is 0.247 e. The average molecular weight is 347 g/mol. The van der Waals surface area contributed by atoms with Gasteiger partial charge in [0.15, 0.2) is 5.82 Å². The Kier molecular flexibility index (Phi) is 4.93. The van der Waals surface area contributed by atoms with Gasteiger partial charge in [-0.2, -0.15) is 0 Å². The first-order valence-corrected chi connectivity index (χ1v) is 8.68. The van der Waals surface area contributed by atoms with Crippen LogP contribution < -0.4 is 10.1 Å². The summed E-state index contributed by atoms with van der Waals surface area (Å²) >= 11 is 0. The van der Waals surface area contributed by atoms with Crippen molar-refractivity contribution in [3.05, 3.63) is 41.7 Å². The van der Waals surface area contributed by atoms with Gasteiger partial charge in [-0.3, -0.25) is 4.79 Å². The lowest BCUT2D eigenvalue weighted by Gasteiger charge is -2.29. The Labute approximate surface area is 146 Å². The van der Waals surface area contributed by atoms with E-state index >= 15 is 0 Å². The van der Waals surface area contributed by atoms with Gasteiger partial charge in [0.05, 0.1) is 12.3 Å². The third-order valence-corrected chi connectivity index (χ3v) is 5.00. The first-order chi connectivity index (χ1) is 11.9. The van der Waals surface area contributed by atoms with Gasteiger partial charge in [0.2, 0.25) is 5.91 Å². The fourth-order valence-electron chi connectivity index (χ4n) is 3.44. The maximum atomic E-state index is 14.5. The molecule has 1 aliphatic carbocycles. The molecule has 1 heterocycles. The van der Waals surface area contributed by atoms with Crippen LogP contribution in [0.5, 0.6) is 5.75 Å². The minimum Gasteiger partial charge on any atom is -0.492 e. The standard InChI is InChI=1S/C20H23F2NO2/c1-3-17(24)23-16-12-14(19-15(18(16)21)8-11-25-19)5-4-13-6-9-20(2,22)10-7-13/h3-5,12-13H,1,6-11H2,2H3,(H,23,24)/b5-4+.